The van der Waals surface area contributed by atoms with E-state index in [0.29, 0.717) is 5.82 Å². The number of ether oxygens (including phenoxy) is 1. The molecule has 2 N–H and O–H groups in total. The lowest BCUT2D eigenvalue weighted by Gasteiger charge is -2.34. The van der Waals surface area contributed by atoms with Crippen molar-refractivity contribution >= 4 is 22.4 Å². The summed E-state index contributed by atoms with van der Waals surface area (Å²) < 4.78 is 9.49. The lowest BCUT2D eigenvalue weighted by atomic mass is 9.87. The first-order chi connectivity index (χ1) is 8.13. The zero-order valence-corrected chi connectivity index (χ0v) is 11.6. The van der Waals surface area contributed by atoms with Gasteiger partial charge in [0.2, 0.25) is 0 Å². The summed E-state index contributed by atoms with van der Waals surface area (Å²) >= 11 is 1.44. The molecule has 0 amide bonds. The number of piperidine rings is 1. The minimum Gasteiger partial charge on any atom is -0.490 e. The second kappa shape index (κ2) is 5.12. The Labute approximate surface area is 107 Å². The van der Waals surface area contributed by atoms with Gasteiger partial charge in [0.1, 0.15) is 0 Å². The highest BCUT2D eigenvalue weighted by molar-refractivity contribution is 7.11. The fraction of sp³-hybridized carbons (Fsp3) is 0.750. The largest absolute Gasteiger partial charge is 0.490 e. The average Bonchev–Trinajstić information content (AvgIpc) is 2.70. The maximum atomic E-state index is 5.78. The quantitative estimate of drug-likeness (QED) is 0.902. The Morgan fingerprint density at radius 1 is 1.41 bits per heavy atom. The zero-order valence-electron chi connectivity index (χ0n) is 10.8. The molecule has 96 valence electrons. The number of methoxy groups -OCH3 is 1. The van der Waals surface area contributed by atoms with Crippen molar-refractivity contribution in [1.82, 2.24) is 4.37 Å². The predicted molar refractivity (Wildman–Crippen MR) is 72.9 cm³/mol. The Morgan fingerprint density at radius 2 is 2.06 bits per heavy atom. The fourth-order valence-electron chi connectivity index (χ4n) is 2.45. The van der Waals surface area contributed by atoms with E-state index < -0.39 is 0 Å². The number of rotatable bonds is 3. The molecule has 4 nitrogen and oxygen atoms in total. The van der Waals surface area contributed by atoms with Gasteiger partial charge in [-0.25, -0.2) is 0 Å². The first kappa shape index (κ1) is 12.5. The molecular weight excluding hydrogens is 234 g/mol. The third-order valence-corrected chi connectivity index (χ3v) is 4.54. The van der Waals surface area contributed by atoms with Crippen LogP contribution in [-0.4, -0.2) is 24.6 Å². The molecule has 0 spiro atoms. The van der Waals surface area contributed by atoms with Crippen molar-refractivity contribution in [2.24, 2.45) is 11.8 Å². The molecule has 0 atom stereocenters. The van der Waals surface area contributed by atoms with Crippen LogP contribution in [0.25, 0.3) is 0 Å². The van der Waals surface area contributed by atoms with Crippen LogP contribution in [0.4, 0.5) is 10.8 Å². The molecule has 1 aromatic rings. The van der Waals surface area contributed by atoms with Crippen LogP contribution in [0.5, 0.6) is 5.75 Å². The number of hydrogen-bond donors (Lipinski definition) is 1. The molecule has 1 fully saturated rings. The van der Waals surface area contributed by atoms with Crippen molar-refractivity contribution in [3.05, 3.63) is 0 Å². The summed E-state index contributed by atoms with van der Waals surface area (Å²) in [6.07, 6.45) is 2.50. The van der Waals surface area contributed by atoms with E-state index in [1.54, 1.807) is 7.11 Å². The normalized spacial score (nSPS) is 17.8. The Balaban J connectivity index is 2.05. The van der Waals surface area contributed by atoms with Gasteiger partial charge in [0, 0.05) is 13.1 Å². The smallest absolute Gasteiger partial charge is 0.197 e. The van der Waals surface area contributed by atoms with E-state index in [1.807, 2.05) is 0 Å². The summed E-state index contributed by atoms with van der Waals surface area (Å²) in [7, 11) is 1.66. The van der Waals surface area contributed by atoms with Crippen molar-refractivity contribution < 1.29 is 4.74 Å². The number of anilines is 2. The van der Waals surface area contributed by atoms with Crippen LogP contribution >= 0.6 is 11.5 Å². The lowest BCUT2D eigenvalue weighted by molar-refractivity contribution is 0.310. The summed E-state index contributed by atoms with van der Waals surface area (Å²) in [5, 5.41) is 1.09. The van der Waals surface area contributed by atoms with E-state index in [0.717, 1.165) is 35.7 Å². The van der Waals surface area contributed by atoms with Crippen LogP contribution < -0.4 is 15.4 Å². The van der Waals surface area contributed by atoms with E-state index in [9.17, 15) is 0 Å². The van der Waals surface area contributed by atoms with E-state index in [-0.39, 0.29) is 0 Å². The van der Waals surface area contributed by atoms with Crippen LogP contribution in [0, 0.1) is 11.8 Å². The molecule has 0 unspecified atom stereocenters. The minimum atomic E-state index is 0.512. The summed E-state index contributed by atoms with van der Waals surface area (Å²) in [5.41, 5.74) is 5.78. The Bertz CT molecular complexity index is 370. The van der Waals surface area contributed by atoms with Gasteiger partial charge >= 0.3 is 0 Å². The molecule has 0 bridgehead atoms. The number of nitrogens with two attached hydrogens (primary N) is 1. The summed E-state index contributed by atoms with van der Waals surface area (Å²) in [4.78, 5) is 2.35. The van der Waals surface area contributed by atoms with Crippen molar-refractivity contribution in [2.45, 2.75) is 26.7 Å². The molecule has 0 aliphatic carbocycles. The van der Waals surface area contributed by atoms with E-state index in [4.69, 9.17) is 10.5 Å². The molecule has 1 aliphatic heterocycles. The number of nitrogens with zero attached hydrogens (tertiary/aromatic N) is 2. The van der Waals surface area contributed by atoms with Gasteiger partial charge in [0.15, 0.2) is 16.6 Å². The molecule has 0 saturated carbocycles. The fourth-order valence-corrected chi connectivity index (χ4v) is 3.28. The number of nitrogen functional groups attached to an aromatic ring is 1. The first-order valence-electron chi connectivity index (χ1n) is 6.17. The van der Waals surface area contributed by atoms with Gasteiger partial charge in [-0.15, -0.1) is 0 Å². The molecule has 0 aromatic carbocycles. The van der Waals surface area contributed by atoms with E-state index in [1.165, 1.54) is 24.4 Å². The van der Waals surface area contributed by atoms with Gasteiger partial charge in [-0.1, -0.05) is 13.8 Å². The highest BCUT2D eigenvalue weighted by Gasteiger charge is 2.25. The maximum Gasteiger partial charge on any atom is 0.197 e. The molecule has 17 heavy (non-hydrogen) atoms. The van der Waals surface area contributed by atoms with E-state index in [2.05, 4.69) is 23.1 Å². The number of hydrogen-bond acceptors (Lipinski definition) is 5. The zero-order chi connectivity index (χ0) is 12.4. The Hall–Kier alpha value is -0.970. The van der Waals surface area contributed by atoms with Crippen LogP contribution in [0.15, 0.2) is 0 Å². The second-order valence-electron chi connectivity index (χ2n) is 4.97. The second-order valence-corrected chi connectivity index (χ2v) is 5.73. The molecule has 2 rings (SSSR count). The molecule has 1 saturated heterocycles. The third-order valence-electron chi connectivity index (χ3n) is 3.63. The van der Waals surface area contributed by atoms with Gasteiger partial charge in [-0.3, -0.25) is 0 Å². The highest BCUT2D eigenvalue weighted by atomic mass is 32.1. The molecule has 1 aliphatic rings. The third kappa shape index (κ3) is 2.49. The van der Waals surface area contributed by atoms with Gasteiger partial charge in [0.05, 0.1) is 7.11 Å². The molecular formula is C12H21N3OS. The SMILES string of the molecule is COc1c(N)nsc1N1CCC(C(C)C)CC1. The molecule has 0 radical (unpaired) electrons. The Morgan fingerprint density at radius 3 is 2.59 bits per heavy atom. The molecule has 1 aromatic heterocycles. The Kier molecular flexibility index (Phi) is 3.76. The van der Waals surface area contributed by atoms with Crippen molar-refractivity contribution in [2.75, 3.05) is 30.8 Å². The maximum absolute atomic E-state index is 5.78. The monoisotopic (exact) mass is 255 g/mol. The van der Waals surface area contributed by atoms with Gasteiger partial charge in [0.25, 0.3) is 0 Å². The molecule has 5 heteroatoms. The van der Waals surface area contributed by atoms with Crippen LogP contribution in [-0.2, 0) is 0 Å². The van der Waals surface area contributed by atoms with Crippen molar-refractivity contribution in [1.29, 1.82) is 0 Å². The minimum absolute atomic E-state index is 0.512. The topological polar surface area (TPSA) is 51.4 Å². The van der Waals surface area contributed by atoms with Crippen LogP contribution in [0.1, 0.15) is 26.7 Å². The first-order valence-corrected chi connectivity index (χ1v) is 6.95. The van der Waals surface area contributed by atoms with Crippen LogP contribution in [0.2, 0.25) is 0 Å². The standard InChI is InChI=1S/C12H21N3OS/c1-8(2)9-4-6-15(7-5-9)12-10(16-3)11(13)14-17-12/h8-9H,4-7H2,1-3H3,(H2,13,14). The summed E-state index contributed by atoms with van der Waals surface area (Å²) in [6.45, 7) is 6.79. The summed E-state index contributed by atoms with van der Waals surface area (Å²) in [6, 6.07) is 0. The molecule has 2 heterocycles. The lowest BCUT2D eigenvalue weighted by Crippen LogP contribution is -2.34. The average molecular weight is 255 g/mol. The van der Waals surface area contributed by atoms with Gasteiger partial charge < -0.3 is 15.4 Å². The van der Waals surface area contributed by atoms with Gasteiger partial charge in [-0.2, -0.15) is 4.37 Å². The number of aromatic nitrogens is 1. The van der Waals surface area contributed by atoms with Crippen molar-refractivity contribution in [3.63, 3.8) is 0 Å². The highest BCUT2D eigenvalue weighted by Crippen LogP contribution is 2.40. The summed E-state index contributed by atoms with van der Waals surface area (Å²) in [5.74, 6) is 2.89. The van der Waals surface area contributed by atoms with Crippen molar-refractivity contribution in [3.8, 4) is 5.75 Å². The van der Waals surface area contributed by atoms with Gasteiger partial charge in [-0.05, 0) is 36.2 Å². The van der Waals surface area contributed by atoms with Crippen LogP contribution in [0.3, 0.4) is 0 Å². The predicted octanol–water partition coefficient (Wildman–Crippen LogP) is 2.61. The van der Waals surface area contributed by atoms with E-state index >= 15 is 0 Å².